The number of para-hydroxylation sites is 1. The van der Waals surface area contributed by atoms with Crippen LogP contribution in [-0.2, 0) is 4.79 Å². The highest BCUT2D eigenvalue weighted by Gasteiger charge is 2.26. The van der Waals surface area contributed by atoms with Gasteiger partial charge in [0, 0.05) is 22.6 Å². The number of carboxylic acid groups (broad SMARTS) is 1. The number of carboxylic acids is 1. The van der Waals surface area contributed by atoms with E-state index in [-0.39, 0.29) is 5.56 Å². The molecular weight excluding hydrogens is 469 g/mol. The summed E-state index contributed by atoms with van der Waals surface area (Å²) in [6.45, 7) is 6.03. The Morgan fingerprint density at radius 1 is 1.11 bits per heavy atom. The summed E-state index contributed by atoms with van der Waals surface area (Å²) in [5.41, 5.74) is 4.15. The van der Waals surface area contributed by atoms with Gasteiger partial charge in [-0.25, -0.2) is 9.37 Å². The Morgan fingerprint density at radius 2 is 1.81 bits per heavy atom. The summed E-state index contributed by atoms with van der Waals surface area (Å²) in [6, 6.07) is 21.3. The summed E-state index contributed by atoms with van der Waals surface area (Å²) in [6.07, 6.45) is 0.403. The Hall–Kier alpha value is -4.44. The van der Waals surface area contributed by atoms with E-state index in [9.17, 15) is 19.6 Å². The van der Waals surface area contributed by atoms with Crippen LogP contribution in [0.1, 0.15) is 32.8 Å². The first-order chi connectivity index (χ1) is 17.9. The van der Waals surface area contributed by atoms with Gasteiger partial charge in [0.05, 0.1) is 29.4 Å². The number of halogens is 1. The van der Waals surface area contributed by atoms with Crippen molar-refractivity contribution in [2.24, 2.45) is 5.92 Å². The van der Waals surface area contributed by atoms with Crippen molar-refractivity contribution in [1.82, 2.24) is 4.98 Å². The second-order valence-electron chi connectivity index (χ2n) is 8.78. The van der Waals surface area contributed by atoms with Crippen LogP contribution in [0.4, 0.5) is 10.1 Å². The maximum atomic E-state index is 14.2. The number of pyridine rings is 1. The highest BCUT2D eigenvalue weighted by Crippen LogP contribution is 2.37. The minimum absolute atomic E-state index is 0.229. The lowest BCUT2D eigenvalue weighted by atomic mass is 9.95. The first-order valence-electron chi connectivity index (χ1n) is 12.2. The lowest BCUT2D eigenvalue weighted by Crippen LogP contribution is -2.32. The molecule has 0 radical (unpaired) electrons. The largest absolute Gasteiger partial charge is 0.493 e. The molecular formula is C30H28FN3O3. The molecule has 7 heteroatoms. The number of nitriles is 1. The summed E-state index contributed by atoms with van der Waals surface area (Å²) in [4.78, 5) is 16.5. The third-order valence-corrected chi connectivity index (χ3v) is 6.45. The number of anilines is 1. The Kier molecular flexibility index (Phi) is 7.69. The average Bonchev–Trinajstić information content (AvgIpc) is 2.89. The number of nitrogens with one attached hydrogen (secondary N) is 1. The van der Waals surface area contributed by atoms with Crippen molar-refractivity contribution >= 4 is 22.6 Å². The van der Waals surface area contributed by atoms with Gasteiger partial charge in [0.25, 0.3) is 0 Å². The zero-order valence-electron chi connectivity index (χ0n) is 21.0. The molecule has 0 fully saturated rings. The molecule has 37 heavy (non-hydrogen) atoms. The van der Waals surface area contributed by atoms with Crippen LogP contribution in [0.25, 0.3) is 33.3 Å². The second kappa shape index (κ2) is 11.1. The van der Waals surface area contributed by atoms with E-state index in [4.69, 9.17) is 9.72 Å². The van der Waals surface area contributed by atoms with Crippen LogP contribution >= 0.6 is 0 Å². The molecule has 0 amide bonds. The van der Waals surface area contributed by atoms with Crippen molar-refractivity contribution in [3.63, 3.8) is 0 Å². The molecule has 0 aliphatic carbocycles. The predicted octanol–water partition coefficient (Wildman–Crippen LogP) is 6.89. The predicted molar refractivity (Wildman–Crippen MR) is 143 cm³/mol. The molecule has 2 atom stereocenters. The van der Waals surface area contributed by atoms with Gasteiger partial charge in [-0.3, -0.25) is 4.79 Å². The third-order valence-electron chi connectivity index (χ3n) is 6.45. The van der Waals surface area contributed by atoms with Crippen LogP contribution in [0.2, 0.25) is 0 Å². The highest BCUT2D eigenvalue weighted by atomic mass is 19.1. The fourth-order valence-corrected chi connectivity index (χ4v) is 4.57. The average molecular weight is 498 g/mol. The standard InChI is InChI=1S/C30H28FN3O3/c1-4-22(30(35)36)18(3)33-29-24-16-21(31)14-15-26(24)34-28(25(29)17-32)20-12-10-19(11-13-20)23-8-6-7-9-27(23)37-5-2/h6-16,18,22H,4-5H2,1-3H3,(H,33,34)(H,35,36). The topological polar surface area (TPSA) is 95.2 Å². The Morgan fingerprint density at radius 3 is 2.46 bits per heavy atom. The van der Waals surface area contributed by atoms with Gasteiger partial charge in [-0.15, -0.1) is 0 Å². The van der Waals surface area contributed by atoms with E-state index in [0.717, 1.165) is 16.9 Å². The lowest BCUT2D eigenvalue weighted by Gasteiger charge is -2.24. The number of ether oxygens (including phenoxy) is 1. The van der Waals surface area contributed by atoms with Crippen LogP contribution < -0.4 is 10.1 Å². The zero-order valence-corrected chi connectivity index (χ0v) is 21.0. The summed E-state index contributed by atoms with van der Waals surface area (Å²) < 4.78 is 20.0. The van der Waals surface area contributed by atoms with Crippen LogP contribution in [-0.4, -0.2) is 28.7 Å². The van der Waals surface area contributed by atoms with Crippen molar-refractivity contribution in [3.8, 4) is 34.2 Å². The maximum Gasteiger partial charge on any atom is 0.308 e. The Bertz CT molecular complexity index is 1480. The SMILES string of the molecule is CCOc1ccccc1-c1ccc(-c2nc3ccc(F)cc3c(NC(C)C(CC)C(=O)O)c2C#N)cc1. The van der Waals surface area contributed by atoms with Crippen LogP contribution in [0.5, 0.6) is 5.75 Å². The molecule has 6 nitrogen and oxygen atoms in total. The first-order valence-corrected chi connectivity index (χ1v) is 12.2. The molecule has 4 rings (SSSR count). The molecule has 0 spiro atoms. The Labute approximate surface area is 215 Å². The number of aromatic nitrogens is 1. The summed E-state index contributed by atoms with van der Waals surface area (Å²) in [5.74, 6) is -1.31. The molecule has 1 heterocycles. The van der Waals surface area contributed by atoms with Crippen molar-refractivity contribution in [3.05, 3.63) is 78.1 Å². The van der Waals surface area contributed by atoms with Gasteiger partial charge < -0.3 is 15.2 Å². The summed E-state index contributed by atoms with van der Waals surface area (Å²) in [7, 11) is 0. The van der Waals surface area contributed by atoms with Gasteiger partial charge >= 0.3 is 5.97 Å². The number of hydrogen-bond donors (Lipinski definition) is 2. The van der Waals surface area contributed by atoms with E-state index in [1.807, 2.05) is 55.5 Å². The number of nitrogens with zero attached hydrogens (tertiary/aromatic N) is 2. The number of benzene rings is 3. The molecule has 0 saturated carbocycles. The van der Waals surface area contributed by atoms with Crippen molar-refractivity contribution in [2.75, 3.05) is 11.9 Å². The molecule has 188 valence electrons. The summed E-state index contributed by atoms with van der Waals surface area (Å²) >= 11 is 0. The van der Waals surface area contributed by atoms with Gasteiger partial charge in [0.1, 0.15) is 23.2 Å². The molecule has 0 bridgehead atoms. The van der Waals surface area contributed by atoms with Gasteiger partial charge in [-0.05, 0) is 50.1 Å². The van der Waals surface area contributed by atoms with Crippen molar-refractivity contribution < 1.29 is 19.0 Å². The quantitative estimate of drug-likeness (QED) is 0.261. The fraction of sp³-hybridized carbons (Fsp3) is 0.233. The molecule has 0 aliphatic rings. The monoisotopic (exact) mass is 497 g/mol. The van der Waals surface area contributed by atoms with Gasteiger partial charge in [0.15, 0.2) is 0 Å². The van der Waals surface area contributed by atoms with Crippen LogP contribution in [0.3, 0.4) is 0 Å². The van der Waals surface area contributed by atoms with Gasteiger partial charge in [-0.2, -0.15) is 5.26 Å². The third kappa shape index (κ3) is 5.24. The first kappa shape index (κ1) is 25.6. The van der Waals surface area contributed by atoms with Crippen LogP contribution in [0, 0.1) is 23.1 Å². The van der Waals surface area contributed by atoms with E-state index < -0.39 is 23.7 Å². The highest BCUT2D eigenvalue weighted by molar-refractivity contribution is 5.98. The van der Waals surface area contributed by atoms with E-state index in [1.54, 1.807) is 19.9 Å². The second-order valence-corrected chi connectivity index (χ2v) is 8.78. The molecule has 1 aromatic heterocycles. The van der Waals surface area contributed by atoms with E-state index in [2.05, 4.69) is 11.4 Å². The van der Waals surface area contributed by atoms with E-state index in [1.165, 1.54) is 12.1 Å². The lowest BCUT2D eigenvalue weighted by molar-refractivity contribution is -0.142. The van der Waals surface area contributed by atoms with Crippen molar-refractivity contribution in [1.29, 1.82) is 5.26 Å². The minimum Gasteiger partial charge on any atom is -0.493 e. The number of aliphatic carboxylic acids is 1. The molecule has 4 aromatic rings. The molecule has 0 saturated heterocycles. The molecule has 2 unspecified atom stereocenters. The maximum absolute atomic E-state index is 14.2. The minimum atomic E-state index is -0.936. The Balaban J connectivity index is 1.84. The van der Waals surface area contributed by atoms with Gasteiger partial charge in [-0.1, -0.05) is 49.4 Å². The molecule has 0 aliphatic heterocycles. The van der Waals surface area contributed by atoms with Crippen LogP contribution in [0.15, 0.2) is 66.7 Å². The van der Waals surface area contributed by atoms with E-state index in [0.29, 0.717) is 40.9 Å². The number of rotatable bonds is 9. The van der Waals surface area contributed by atoms with Crippen molar-refractivity contribution in [2.45, 2.75) is 33.2 Å². The summed E-state index contributed by atoms with van der Waals surface area (Å²) in [5, 5.41) is 23.4. The zero-order chi connectivity index (χ0) is 26.5. The van der Waals surface area contributed by atoms with E-state index >= 15 is 0 Å². The molecule has 2 N–H and O–H groups in total. The molecule has 3 aromatic carbocycles. The fourth-order valence-electron chi connectivity index (χ4n) is 4.57. The van der Waals surface area contributed by atoms with Gasteiger partial charge in [0.2, 0.25) is 0 Å². The number of fused-ring (bicyclic) bond motifs is 1. The number of hydrogen-bond acceptors (Lipinski definition) is 5. The number of carbonyl (C=O) groups is 1. The smallest absolute Gasteiger partial charge is 0.308 e. The normalized spacial score (nSPS) is 12.5.